The van der Waals surface area contributed by atoms with Gasteiger partial charge in [0.25, 0.3) is 10.0 Å². The molecule has 0 saturated heterocycles. The Morgan fingerprint density at radius 1 is 0.967 bits per heavy atom. The number of carbonyl (C=O) groups excluding carboxylic acids is 1. The largest absolute Gasteiger partial charge is 0.451 e. The van der Waals surface area contributed by atoms with E-state index in [1.54, 1.807) is 48.5 Å². The fraction of sp³-hybridized carbons (Fsp3) is 0.0870. The van der Waals surface area contributed by atoms with Gasteiger partial charge in [-0.1, -0.05) is 48.0 Å². The van der Waals surface area contributed by atoms with Crippen LogP contribution in [0.4, 0.5) is 0 Å². The van der Waals surface area contributed by atoms with Gasteiger partial charge >= 0.3 is 5.91 Å². The number of hydrogen-bond donors (Lipinski definition) is 1. The Bertz CT molecular complexity index is 1390. The van der Waals surface area contributed by atoms with Crippen molar-refractivity contribution in [1.29, 1.82) is 0 Å². The summed E-state index contributed by atoms with van der Waals surface area (Å²) >= 11 is 6.06. The highest BCUT2D eigenvalue weighted by atomic mass is 35.5. The molecular formula is C23H18ClNO4S. The second-order valence-electron chi connectivity index (χ2n) is 7.05. The lowest BCUT2D eigenvalue weighted by atomic mass is 10.1. The lowest BCUT2D eigenvalue weighted by Gasteiger charge is -2.11. The number of carbonyl (C=O) groups is 1. The van der Waals surface area contributed by atoms with E-state index < -0.39 is 15.9 Å². The predicted molar refractivity (Wildman–Crippen MR) is 117 cm³/mol. The van der Waals surface area contributed by atoms with E-state index in [0.717, 1.165) is 16.5 Å². The van der Waals surface area contributed by atoms with Crippen LogP contribution >= 0.6 is 11.6 Å². The third kappa shape index (κ3) is 3.84. The first kappa shape index (κ1) is 20.2. The van der Waals surface area contributed by atoms with Gasteiger partial charge in [0, 0.05) is 16.0 Å². The highest BCUT2D eigenvalue weighted by Gasteiger charge is 2.24. The molecule has 0 bridgehead atoms. The number of aryl methyl sites for hydroxylation is 2. The van der Waals surface area contributed by atoms with Gasteiger partial charge in [0.05, 0.1) is 4.90 Å². The highest BCUT2D eigenvalue weighted by Crippen LogP contribution is 2.29. The van der Waals surface area contributed by atoms with E-state index in [4.69, 9.17) is 16.0 Å². The molecule has 0 spiro atoms. The summed E-state index contributed by atoms with van der Waals surface area (Å²) < 4.78 is 33.8. The third-order valence-electron chi connectivity index (χ3n) is 4.75. The molecule has 1 N–H and O–H groups in total. The summed E-state index contributed by atoms with van der Waals surface area (Å²) in [4.78, 5) is 12.7. The molecule has 5 nitrogen and oxygen atoms in total. The van der Waals surface area contributed by atoms with Gasteiger partial charge in [-0.25, -0.2) is 13.1 Å². The monoisotopic (exact) mass is 439 g/mol. The molecule has 0 unspecified atom stereocenters. The minimum Gasteiger partial charge on any atom is -0.451 e. The fourth-order valence-corrected chi connectivity index (χ4v) is 4.80. The summed E-state index contributed by atoms with van der Waals surface area (Å²) in [5.41, 5.74) is 3.54. The summed E-state index contributed by atoms with van der Waals surface area (Å²) in [6.45, 7) is 3.83. The van der Waals surface area contributed by atoms with Crippen LogP contribution in [0.3, 0.4) is 0 Å². The van der Waals surface area contributed by atoms with Crippen molar-refractivity contribution in [2.45, 2.75) is 18.7 Å². The van der Waals surface area contributed by atoms with Crippen LogP contribution in [-0.2, 0) is 10.0 Å². The van der Waals surface area contributed by atoms with E-state index in [1.807, 2.05) is 26.0 Å². The average Bonchev–Trinajstić information content (AvgIpc) is 3.12. The molecule has 1 heterocycles. The van der Waals surface area contributed by atoms with Crippen LogP contribution in [0.5, 0.6) is 0 Å². The number of rotatable bonds is 4. The van der Waals surface area contributed by atoms with E-state index in [1.165, 1.54) is 6.07 Å². The maximum Gasteiger partial charge on any atom is 0.300 e. The van der Waals surface area contributed by atoms with Crippen molar-refractivity contribution in [3.8, 4) is 11.1 Å². The molecule has 30 heavy (non-hydrogen) atoms. The minimum absolute atomic E-state index is 0.0243. The Hall–Kier alpha value is -3.09. The van der Waals surface area contributed by atoms with E-state index in [-0.39, 0.29) is 10.7 Å². The number of furan rings is 1. The van der Waals surface area contributed by atoms with E-state index in [0.29, 0.717) is 21.7 Å². The van der Waals surface area contributed by atoms with Gasteiger partial charge in [0.1, 0.15) is 5.58 Å². The van der Waals surface area contributed by atoms with Crippen LogP contribution in [0.2, 0.25) is 5.02 Å². The number of hydrogen-bond acceptors (Lipinski definition) is 4. The molecule has 0 fully saturated rings. The molecule has 0 atom stereocenters. The second-order valence-corrected chi connectivity index (χ2v) is 9.13. The van der Waals surface area contributed by atoms with Crippen molar-refractivity contribution in [1.82, 2.24) is 4.72 Å². The van der Waals surface area contributed by atoms with Crippen LogP contribution in [0.25, 0.3) is 22.1 Å². The topological polar surface area (TPSA) is 76.4 Å². The molecule has 0 aliphatic carbocycles. The Morgan fingerprint density at radius 3 is 2.50 bits per heavy atom. The smallest absolute Gasteiger partial charge is 0.300 e. The first-order valence-electron chi connectivity index (χ1n) is 9.17. The number of sulfonamides is 1. The summed E-state index contributed by atoms with van der Waals surface area (Å²) in [6, 6.07) is 18.6. The van der Waals surface area contributed by atoms with Crippen molar-refractivity contribution < 1.29 is 17.6 Å². The molecule has 4 rings (SSSR count). The van der Waals surface area contributed by atoms with Crippen molar-refractivity contribution in [3.05, 3.63) is 88.6 Å². The first-order chi connectivity index (χ1) is 14.2. The van der Waals surface area contributed by atoms with Crippen molar-refractivity contribution in [2.75, 3.05) is 0 Å². The van der Waals surface area contributed by atoms with Crippen LogP contribution in [0, 0.1) is 13.8 Å². The molecule has 0 aliphatic rings. The number of fused-ring (bicyclic) bond motifs is 1. The van der Waals surface area contributed by atoms with Crippen LogP contribution in [-0.4, -0.2) is 14.3 Å². The van der Waals surface area contributed by atoms with Gasteiger partial charge in [-0.3, -0.25) is 4.79 Å². The summed E-state index contributed by atoms with van der Waals surface area (Å²) in [5, 5.41) is 1.25. The fourth-order valence-electron chi connectivity index (χ4n) is 3.42. The quantitative estimate of drug-likeness (QED) is 0.456. The SMILES string of the molecule is Cc1cc(C)c2cc(C(=O)NS(=O)(=O)c3ccccc3-c3cccc(Cl)c3)oc2c1. The normalized spacial score (nSPS) is 11.6. The Balaban J connectivity index is 1.70. The second kappa shape index (κ2) is 7.63. The number of benzene rings is 3. The van der Waals surface area contributed by atoms with Crippen LogP contribution in [0.1, 0.15) is 21.7 Å². The van der Waals surface area contributed by atoms with Gasteiger partial charge in [0.15, 0.2) is 5.76 Å². The number of amides is 1. The Kier molecular flexibility index (Phi) is 5.13. The maximum absolute atomic E-state index is 13.0. The highest BCUT2D eigenvalue weighted by molar-refractivity contribution is 7.90. The van der Waals surface area contributed by atoms with Crippen molar-refractivity contribution in [3.63, 3.8) is 0 Å². The molecule has 1 amide bonds. The molecule has 0 radical (unpaired) electrons. The standard InChI is InChI=1S/C23H18ClNO4S/c1-14-10-15(2)19-13-21(29-20(19)11-14)23(26)25-30(27,28)22-9-4-3-8-18(22)16-6-5-7-17(24)12-16/h3-13H,1-2H3,(H,25,26). The summed E-state index contributed by atoms with van der Waals surface area (Å²) in [6.07, 6.45) is 0. The molecule has 0 aliphatic heterocycles. The zero-order valence-electron chi connectivity index (χ0n) is 16.3. The summed E-state index contributed by atoms with van der Waals surface area (Å²) in [7, 11) is -4.16. The molecule has 7 heteroatoms. The zero-order valence-corrected chi connectivity index (χ0v) is 17.8. The third-order valence-corrected chi connectivity index (χ3v) is 6.38. The Labute approximate surface area is 179 Å². The lowest BCUT2D eigenvalue weighted by Crippen LogP contribution is -2.30. The van der Waals surface area contributed by atoms with E-state index in [2.05, 4.69) is 4.72 Å². The van der Waals surface area contributed by atoms with Gasteiger partial charge in [-0.05, 0) is 60.9 Å². The molecular weight excluding hydrogens is 422 g/mol. The maximum atomic E-state index is 13.0. The summed E-state index contributed by atoms with van der Waals surface area (Å²) in [5.74, 6) is -0.897. The zero-order chi connectivity index (χ0) is 21.5. The van der Waals surface area contributed by atoms with Crippen molar-refractivity contribution >= 4 is 38.5 Å². The molecule has 1 aromatic heterocycles. The van der Waals surface area contributed by atoms with E-state index in [9.17, 15) is 13.2 Å². The van der Waals surface area contributed by atoms with Gasteiger partial charge in [0.2, 0.25) is 0 Å². The van der Waals surface area contributed by atoms with Gasteiger partial charge in [-0.15, -0.1) is 0 Å². The Morgan fingerprint density at radius 2 is 1.73 bits per heavy atom. The first-order valence-corrected chi connectivity index (χ1v) is 11.0. The predicted octanol–water partition coefficient (Wildman–Crippen LogP) is 5.49. The molecule has 0 saturated carbocycles. The minimum atomic E-state index is -4.16. The molecule has 4 aromatic rings. The van der Waals surface area contributed by atoms with Crippen molar-refractivity contribution in [2.24, 2.45) is 0 Å². The van der Waals surface area contributed by atoms with Crippen LogP contribution in [0.15, 0.2) is 76.0 Å². The van der Waals surface area contributed by atoms with Gasteiger partial charge in [-0.2, -0.15) is 0 Å². The average molecular weight is 440 g/mol. The van der Waals surface area contributed by atoms with Crippen LogP contribution < -0.4 is 4.72 Å². The van der Waals surface area contributed by atoms with Gasteiger partial charge < -0.3 is 4.42 Å². The van der Waals surface area contributed by atoms with E-state index >= 15 is 0 Å². The number of nitrogens with one attached hydrogen (secondary N) is 1. The molecule has 3 aromatic carbocycles. The lowest BCUT2D eigenvalue weighted by molar-refractivity contribution is 0.0956. The molecule has 152 valence electrons. The number of halogens is 1.